The number of halogens is 1. The van der Waals surface area contributed by atoms with E-state index < -0.39 is 0 Å². The molecule has 0 spiro atoms. The van der Waals surface area contributed by atoms with E-state index in [4.69, 9.17) is 16.4 Å². The second kappa shape index (κ2) is 5.75. The van der Waals surface area contributed by atoms with Crippen LogP contribution in [-0.4, -0.2) is 21.8 Å². The van der Waals surface area contributed by atoms with Crippen molar-refractivity contribution in [3.05, 3.63) is 65.2 Å². The molecule has 0 aliphatic heterocycles. The van der Waals surface area contributed by atoms with Crippen molar-refractivity contribution in [1.29, 1.82) is 0 Å². The molecule has 0 unspecified atom stereocenters. The Morgan fingerprint density at radius 2 is 2.00 bits per heavy atom. The molecule has 2 aromatic carbocycles. The highest BCUT2D eigenvalue weighted by molar-refractivity contribution is 6.31. The Morgan fingerprint density at radius 1 is 1.15 bits per heavy atom. The normalized spacial score (nSPS) is 11.2. The number of hydrogen-bond acceptors (Lipinski definition) is 3. The molecule has 0 N–H and O–H groups in total. The maximum Gasteiger partial charge on any atom is 0.135 e. The van der Waals surface area contributed by atoms with Gasteiger partial charge >= 0.3 is 0 Å². The van der Waals surface area contributed by atoms with E-state index in [2.05, 4.69) is 10.3 Å². The zero-order valence-electron chi connectivity index (χ0n) is 10.6. The second-order valence-corrected chi connectivity index (χ2v) is 4.64. The van der Waals surface area contributed by atoms with Crippen molar-refractivity contribution in [1.82, 2.24) is 15.2 Å². The number of aromatic nitrogens is 3. The fraction of sp³-hybridized carbons (Fsp3) is 0.0667. The van der Waals surface area contributed by atoms with Crippen molar-refractivity contribution in [3.8, 4) is 0 Å². The molecule has 3 rings (SSSR count). The molecule has 0 aliphatic rings. The van der Waals surface area contributed by atoms with Gasteiger partial charge in [0.25, 0.3) is 0 Å². The lowest BCUT2D eigenvalue weighted by atomic mass is 10.2. The summed E-state index contributed by atoms with van der Waals surface area (Å²) in [6, 6.07) is 15.4. The van der Waals surface area contributed by atoms with Crippen LogP contribution in [0.2, 0.25) is 5.02 Å². The van der Waals surface area contributed by atoms with E-state index in [1.807, 2.05) is 48.6 Å². The third-order valence-electron chi connectivity index (χ3n) is 2.78. The van der Waals surface area contributed by atoms with Gasteiger partial charge in [-0.05, 0) is 35.1 Å². The van der Waals surface area contributed by atoms with Crippen molar-refractivity contribution in [3.63, 3.8) is 0 Å². The summed E-state index contributed by atoms with van der Waals surface area (Å²) in [4.78, 5) is 6.92. The highest BCUT2D eigenvalue weighted by Gasteiger charge is 2.04. The van der Waals surface area contributed by atoms with Crippen LogP contribution in [0.1, 0.15) is 5.56 Å². The topological polar surface area (TPSA) is 39.9 Å². The van der Waals surface area contributed by atoms with E-state index in [1.165, 1.54) is 4.85 Å². The lowest BCUT2D eigenvalue weighted by Crippen LogP contribution is -2.12. The van der Waals surface area contributed by atoms with Gasteiger partial charge in [-0.3, -0.25) is 0 Å². The highest BCUT2D eigenvalue weighted by Crippen LogP contribution is 2.16. The molecule has 0 radical (unpaired) electrons. The molecule has 0 saturated carbocycles. The Bertz CT molecular complexity index is 737. The highest BCUT2D eigenvalue weighted by atomic mass is 35.5. The molecule has 0 aliphatic carbocycles. The average Bonchev–Trinajstić information content (AvgIpc) is 2.87. The first-order valence-corrected chi connectivity index (χ1v) is 6.56. The van der Waals surface area contributed by atoms with Gasteiger partial charge in [0.05, 0.1) is 0 Å². The van der Waals surface area contributed by atoms with Crippen molar-refractivity contribution in [2.45, 2.75) is 0 Å². The predicted octanol–water partition coefficient (Wildman–Crippen LogP) is 3.23. The van der Waals surface area contributed by atoms with Crippen LogP contribution in [0.4, 0.5) is 0 Å². The minimum atomic E-state index is 0.403. The molecule has 3 aromatic rings. The first kappa shape index (κ1) is 12.7. The van der Waals surface area contributed by atoms with Crippen molar-refractivity contribution < 1.29 is 4.84 Å². The monoisotopic (exact) mass is 285 g/mol. The van der Waals surface area contributed by atoms with Crippen LogP contribution >= 0.6 is 11.6 Å². The molecule has 1 heterocycles. The van der Waals surface area contributed by atoms with E-state index in [0.29, 0.717) is 11.6 Å². The maximum atomic E-state index is 5.95. The number of hydrogen-bond donors (Lipinski definition) is 0. The Labute approximate surface area is 121 Å². The van der Waals surface area contributed by atoms with Crippen LogP contribution in [0.25, 0.3) is 17.1 Å². The van der Waals surface area contributed by atoms with Gasteiger partial charge in [0.15, 0.2) is 0 Å². The van der Waals surface area contributed by atoms with Crippen LogP contribution in [0.5, 0.6) is 0 Å². The van der Waals surface area contributed by atoms with E-state index >= 15 is 0 Å². The van der Waals surface area contributed by atoms with E-state index in [9.17, 15) is 0 Å². The van der Waals surface area contributed by atoms with Gasteiger partial charge in [-0.1, -0.05) is 52.9 Å². The van der Waals surface area contributed by atoms with E-state index in [1.54, 1.807) is 12.1 Å². The Kier molecular flexibility index (Phi) is 3.65. The van der Waals surface area contributed by atoms with Gasteiger partial charge in [-0.2, -0.15) is 0 Å². The van der Waals surface area contributed by atoms with Crippen LogP contribution in [0, 0.1) is 0 Å². The summed E-state index contributed by atoms with van der Waals surface area (Å²) in [5.74, 6) is 0. The number of nitrogens with zero attached hydrogens (tertiary/aromatic N) is 3. The van der Waals surface area contributed by atoms with Crippen molar-refractivity contribution in [2.75, 3.05) is 6.61 Å². The molecule has 0 saturated heterocycles. The summed E-state index contributed by atoms with van der Waals surface area (Å²) >= 11 is 5.95. The number of fused-ring (bicyclic) bond motifs is 1. The first-order chi connectivity index (χ1) is 9.83. The maximum absolute atomic E-state index is 5.95. The smallest absolute Gasteiger partial charge is 0.135 e. The molecule has 20 heavy (non-hydrogen) atoms. The fourth-order valence-electron chi connectivity index (χ4n) is 1.83. The lowest BCUT2D eigenvalue weighted by Gasteiger charge is -2.02. The minimum Gasteiger partial charge on any atom is -0.391 e. The molecule has 0 atom stereocenters. The zero-order chi connectivity index (χ0) is 13.8. The summed E-state index contributed by atoms with van der Waals surface area (Å²) in [5, 5.41) is 8.56. The van der Waals surface area contributed by atoms with Gasteiger partial charge in [-0.25, -0.2) is 0 Å². The third-order valence-corrected chi connectivity index (χ3v) is 3.02. The Balaban J connectivity index is 1.68. The summed E-state index contributed by atoms with van der Waals surface area (Å²) < 4.78 is 0. The molecule has 4 nitrogen and oxygen atoms in total. The minimum absolute atomic E-state index is 0.403. The summed E-state index contributed by atoms with van der Waals surface area (Å²) in [7, 11) is 0. The van der Waals surface area contributed by atoms with E-state index in [-0.39, 0.29) is 0 Å². The van der Waals surface area contributed by atoms with Gasteiger partial charge in [0.1, 0.15) is 17.6 Å². The SMILES string of the molecule is Clc1ccc2nnn(OC/C=C/c3ccccc3)c2c1. The molecule has 0 fully saturated rings. The number of benzene rings is 2. The quantitative estimate of drug-likeness (QED) is 0.739. The molecular formula is C15H12ClN3O. The fourth-order valence-corrected chi connectivity index (χ4v) is 2.00. The molecular weight excluding hydrogens is 274 g/mol. The van der Waals surface area contributed by atoms with E-state index in [0.717, 1.165) is 16.6 Å². The summed E-state index contributed by atoms with van der Waals surface area (Å²) in [6.45, 7) is 0.403. The van der Waals surface area contributed by atoms with Crippen LogP contribution in [0.15, 0.2) is 54.6 Å². The van der Waals surface area contributed by atoms with Crippen molar-refractivity contribution in [2.24, 2.45) is 0 Å². The van der Waals surface area contributed by atoms with Gasteiger partial charge in [-0.15, -0.1) is 5.10 Å². The van der Waals surface area contributed by atoms with Gasteiger partial charge < -0.3 is 4.84 Å². The predicted molar refractivity (Wildman–Crippen MR) is 79.5 cm³/mol. The Hall–Kier alpha value is -2.33. The lowest BCUT2D eigenvalue weighted by molar-refractivity contribution is 0.110. The molecule has 100 valence electrons. The van der Waals surface area contributed by atoms with Crippen LogP contribution < -0.4 is 4.84 Å². The summed E-state index contributed by atoms with van der Waals surface area (Å²) in [6.07, 6.45) is 3.92. The molecule has 5 heteroatoms. The molecule has 0 bridgehead atoms. The van der Waals surface area contributed by atoms with Crippen LogP contribution in [-0.2, 0) is 0 Å². The largest absolute Gasteiger partial charge is 0.391 e. The first-order valence-electron chi connectivity index (χ1n) is 6.19. The van der Waals surface area contributed by atoms with Crippen molar-refractivity contribution >= 4 is 28.7 Å². The molecule has 1 aromatic heterocycles. The average molecular weight is 286 g/mol. The number of rotatable bonds is 4. The standard InChI is InChI=1S/C15H12ClN3O/c16-13-8-9-14-15(11-13)19(18-17-14)20-10-4-7-12-5-2-1-3-6-12/h1-9,11H,10H2/b7-4+. The zero-order valence-corrected chi connectivity index (χ0v) is 11.4. The van der Waals surface area contributed by atoms with Gasteiger partial charge in [0, 0.05) is 5.02 Å². The third kappa shape index (κ3) is 2.81. The second-order valence-electron chi connectivity index (χ2n) is 4.20. The summed E-state index contributed by atoms with van der Waals surface area (Å²) in [5.41, 5.74) is 2.63. The van der Waals surface area contributed by atoms with Gasteiger partial charge in [0.2, 0.25) is 0 Å². The Morgan fingerprint density at radius 3 is 2.85 bits per heavy atom. The molecule has 0 amide bonds. The van der Waals surface area contributed by atoms with Crippen LogP contribution in [0.3, 0.4) is 0 Å².